The van der Waals surface area contributed by atoms with Gasteiger partial charge in [0.05, 0.1) is 6.61 Å². The standard InChI is InChI=1S/C16H20N2O2S/c19-10-8-17-16(20)18-9-11-21-12-14-6-3-5-13-4-1-2-7-15(13)14/h1-7,19H,8-12H2,(H2,17,18,20). The number of aliphatic hydroxyl groups is 1. The molecule has 0 fully saturated rings. The fraction of sp³-hybridized carbons (Fsp3) is 0.312. The fourth-order valence-electron chi connectivity index (χ4n) is 2.07. The number of hydrogen-bond acceptors (Lipinski definition) is 3. The lowest BCUT2D eigenvalue weighted by atomic mass is 10.1. The van der Waals surface area contributed by atoms with Crippen molar-refractivity contribution in [1.82, 2.24) is 10.6 Å². The van der Waals surface area contributed by atoms with Crippen molar-refractivity contribution < 1.29 is 9.90 Å². The Kier molecular flexibility index (Phi) is 6.37. The second kappa shape index (κ2) is 8.54. The molecular formula is C16H20N2O2S. The lowest BCUT2D eigenvalue weighted by molar-refractivity contribution is 0.235. The number of carbonyl (C=O) groups excluding carboxylic acids is 1. The van der Waals surface area contributed by atoms with Crippen LogP contribution in [0.4, 0.5) is 4.79 Å². The van der Waals surface area contributed by atoms with Crippen molar-refractivity contribution in [1.29, 1.82) is 0 Å². The van der Waals surface area contributed by atoms with Crippen molar-refractivity contribution in [3.63, 3.8) is 0 Å². The average Bonchev–Trinajstić information content (AvgIpc) is 2.52. The summed E-state index contributed by atoms with van der Waals surface area (Å²) in [7, 11) is 0. The summed E-state index contributed by atoms with van der Waals surface area (Å²) < 4.78 is 0. The van der Waals surface area contributed by atoms with E-state index in [1.54, 1.807) is 11.8 Å². The summed E-state index contributed by atoms with van der Waals surface area (Å²) in [5.41, 5.74) is 1.32. The minimum Gasteiger partial charge on any atom is -0.395 e. The molecule has 0 aliphatic heterocycles. The van der Waals surface area contributed by atoms with E-state index in [0.717, 1.165) is 11.5 Å². The van der Waals surface area contributed by atoms with Crippen molar-refractivity contribution >= 4 is 28.6 Å². The van der Waals surface area contributed by atoms with Crippen molar-refractivity contribution in [2.45, 2.75) is 5.75 Å². The molecule has 2 aromatic carbocycles. The van der Waals surface area contributed by atoms with Gasteiger partial charge in [0.25, 0.3) is 0 Å². The summed E-state index contributed by atoms with van der Waals surface area (Å²) in [6.07, 6.45) is 0. The summed E-state index contributed by atoms with van der Waals surface area (Å²) in [5.74, 6) is 1.79. The first kappa shape index (κ1) is 15.7. The highest BCUT2D eigenvalue weighted by Gasteiger charge is 2.01. The number of benzene rings is 2. The maximum Gasteiger partial charge on any atom is 0.314 e. The molecule has 112 valence electrons. The zero-order valence-corrected chi connectivity index (χ0v) is 12.7. The van der Waals surface area contributed by atoms with Crippen molar-refractivity contribution in [2.75, 3.05) is 25.4 Å². The monoisotopic (exact) mass is 304 g/mol. The van der Waals surface area contributed by atoms with E-state index in [9.17, 15) is 4.79 Å². The molecule has 0 saturated carbocycles. The van der Waals surface area contributed by atoms with E-state index in [-0.39, 0.29) is 19.2 Å². The number of aliphatic hydroxyl groups excluding tert-OH is 1. The molecule has 0 radical (unpaired) electrons. The highest BCUT2D eigenvalue weighted by molar-refractivity contribution is 7.98. The molecule has 5 heteroatoms. The van der Waals surface area contributed by atoms with Gasteiger partial charge in [-0.25, -0.2) is 4.79 Å². The molecular weight excluding hydrogens is 284 g/mol. The molecule has 0 aliphatic carbocycles. The van der Waals surface area contributed by atoms with Crippen molar-refractivity contribution in [3.8, 4) is 0 Å². The Morgan fingerprint density at radius 3 is 2.67 bits per heavy atom. The first-order valence-corrected chi connectivity index (χ1v) is 8.13. The number of thioether (sulfide) groups is 1. The third kappa shape index (κ3) is 4.95. The van der Waals surface area contributed by atoms with Gasteiger partial charge in [0.2, 0.25) is 0 Å². The van der Waals surface area contributed by atoms with Crippen LogP contribution in [0.2, 0.25) is 0 Å². The van der Waals surface area contributed by atoms with E-state index in [0.29, 0.717) is 6.54 Å². The van der Waals surface area contributed by atoms with Crippen LogP contribution in [0.1, 0.15) is 5.56 Å². The van der Waals surface area contributed by atoms with Crippen LogP contribution in [-0.2, 0) is 5.75 Å². The Balaban J connectivity index is 1.74. The predicted molar refractivity (Wildman–Crippen MR) is 88.6 cm³/mol. The van der Waals surface area contributed by atoms with Crippen molar-refractivity contribution in [2.24, 2.45) is 0 Å². The molecule has 2 aromatic rings. The number of urea groups is 1. The highest BCUT2D eigenvalue weighted by atomic mass is 32.2. The van der Waals surface area contributed by atoms with Crippen LogP contribution in [0.25, 0.3) is 10.8 Å². The van der Waals surface area contributed by atoms with Crippen LogP contribution >= 0.6 is 11.8 Å². The normalized spacial score (nSPS) is 10.5. The summed E-state index contributed by atoms with van der Waals surface area (Å²) in [4.78, 5) is 11.3. The Morgan fingerprint density at radius 1 is 1.05 bits per heavy atom. The molecule has 3 N–H and O–H groups in total. The molecule has 0 aromatic heterocycles. The quantitative estimate of drug-likeness (QED) is 0.688. The molecule has 0 aliphatic rings. The maximum absolute atomic E-state index is 11.3. The van der Waals surface area contributed by atoms with Gasteiger partial charge in [-0.1, -0.05) is 42.5 Å². The molecule has 0 spiro atoms. The Labute approximate surface area is 128 Å². The fourth-order valence-corrected chi connectivity index (χ4v) is 2.93. The van der Waals surface area contributed by atoms with E-state index < -0.39 is 0 Å². The molecule has 0 atom stereocenters. The predicted octanol–water partition coefficient (Wildman–Crippen LogP) is 2.36. The van der Waals surface area contributed by atoms with Crippen molar-refractivity contribution in [3.05, 3.63) is 48.0 Å². The van der Waals surface area contributed by atoms with Gasteiger partial charge < -0.3 is 15.7 Å². The summed E-state index contributed by atoms with van der Waals surface area (Å²) >= 11 is 1.80. The van der Waals surface area contributed by atoms with E-state index in [1.807, 2.05) is 6.07 Å². The number of carbonyl (C=O) groups is 1. The van der Waals surface area contributed by atoms with Crippen LogP contribution in [0.15, 0.2) is 42.5 Å². The first-order chi connectivity index (χ1) is 10.3. The van der Waals surface area contributed by atoms with Gasteiger partial charge in [-0.3, -0.25) is 0 Å². The van der Waals surface area contributed by atoms with Gasteiger partial charge in [-0.15, -0.1) is 0 Å². The molecule has 0 heterocycles. The minimum absolute atomic E-state index is 0.0384. The van der Waals surface area contributed by atoms with Crippen LogP contribution < -0.4 is 10.6 Å². The van der Waals surface area contributed by atoms with Crippen LogP contribution in [0, 0.1) is 0 Å². The third-order valence-corrected chi connectivity index (χ3v) is 4.07. The Morgan fingerprint density at radius 2 is 1.81 bits per heavy atom. The second-order valence-corrected chi connectivity index (χ2v) is 5.70. The second-order valence-electron chi connectivity index (χ2n) is 4.60. The van der Waals surface area contributed by atoms with Gasteiger partial charge in [0.15, 0.2) is 0 Å². The molecule has 0 saturated heterocycles. The molecule has 2 rings (SSSR count). The lowest BCUT2D eigenvalue weighted by Crippen LogP contribution is -2.38. The number of nitrogens with one attached hydrogen (secondary N) is 2. The van der Waals surface area contributed by atoms with Gasteiger partial charge in [-0.2, -0.15) is 11.8 Å². The molecule has 4 nitrogen and oxygen atoms in total. The number of amides is 2. The smallest absolute Gasteiger partial charge is 0.314 e. The van der Waals surface area contributed by atoms with Gasteiger partial charge in [-0.05, 0) is 16.3 Å². The number of fused-ring (bicyclic) bond motifs is 1. The molecule has 21 heavy (non-hydrogen) atoms. The van der Waals surface area contributed by atoms with Crippen LogP contribution in [0.3, 0.4) is 0 Å². The minimum atomic E-state index is -0.227. The number of hydrogen-bond donors (Lipinski definition) is 3. The molecule has 0 unspecified atom stereocenters. The Bertz CT molecular complexity index is 584. The average molecular weight is 304 g/mol. The third-order valence-electron chi connectivity index (χ3n) is 3.07. The zero-order valence-electron chi connectivity index (χ0n) is 11.8. The largest absolute Gasteiger partial charge is 0.395 e. The van der Waals surface area contributed by atoms with Crippen LogP contribution in [-0.4, -0.2) is 36.6 Å². The van der Waals surface area contributed by atoms with E-state index >= 15 is 0 Å². The topological polar surface area (TPSA) is 61.4 Å². The highest BCUT2D eigenvalue weighted by Crippen LogP contribution is 2.22. The van der Waals surface area contributed by atoms with E-state index in [1.165, 1.54) is 16.3 Å². The SMILES string of the molecule is O=C(NCCO)NCCSCc1cccc2ccccc12. The van der Waals surface area contributed by atoms with Gasteiger partial charge in [0.1, 0.15) is 0 Å². The first-order valence-electron chi connectivity index (χ1n) is 6.98. The summed E-state index contributed by atoms with van der Waals surface area (Å²) in [6.45, 7) is 0.866. The van der Waals surface area contributed by atoms with Gasteiger partial charge in [0, 0.05) is 24.6 Å². The Hall–Kier alpha value is -1.72. The lowest BCUT2D eigenvalue weighted by Gasteiger charge is -2.08. The summed E-state index contributed by atoms with van der Waals surface area (Å²) in [5, 5.41) is 16.5. The number of rotatable bonds is 7. The summed E-state index contributed by atoms with van der Waals surface area (Å²) in [6, 6.07) is 14.5. The molecule has 0 bridgehead atoms. The van der Waals surface area contributed by atoms with Gasteiger partial charge >= 0.3 is 6.03 Å². The zero-order chi connectivity index (χ0) is 14.9. The van der Waals surface area contributed by atoms with Crippen LogP contribution in [0.5, 0.6) is 0 Å². The van der Waals surface area contributed by atoms with E-state index in [2.05, 4.69) is 47.0 Å². The maximum atomic E-state index is 11.3. The van der Waals surface area contributed by atoms with E-state index in [4.69, 9.17) is 5.11 Å². The molecule has 2 amide bonds.